The fraction of sp³-hybridized carbons (Fsp3) is 0.167. The van der Waals surface area contributed by atoms with Crippen molar-refractivity contribution in [3.8, 4) is 23.0 Å². The first-order chi connectivity index (χ1) is 11.2. The number of ether oxygens (including phenoxy) is 2. The molecule has 0 amide bonds. The van der Waals surface area contributed by atoms with E-state index in [1.54, 1.807) is 6.07 Å². The van der Waals surface area contributed by atoms with Gasteiger partial charge >= 0.3 is 0 Å². The van der Waals surface area contributed by atoms with Gasteiger partial charge in [0, 0.05) is 11.6 Å². The number of aromatic nitrogens is 1. The van der Waals surface area contributed by atoms with Crippen LogP contribution in [0.25, 0.3) is 11.5 Å². The van der Waals surface area contributed by atoms with Gasteiger partial charge in [0.05, 0.1) is 7.11 Å². The second-order valence-electron chi connectivity index (χ2n) is 4.97. The van der Waals surface area contributed by atoms with Gasteiger partial charge < -0.3 is 13.9 Å². The third-order valence-electron chi connectivity index (χ3n) is 3.41. The third kappa shape index (κ3) is 3.34. The fourth-order valence-corrected chi connectivity index (χ4v) is 2.15. The Morgan fingerprint density at radius 1 is 1.13 bits per heavy atom. The number of oxazole rings is 1. The fourth-order valence-electron chi connectivity index (χ4n) is 2.15. The molecule has 3 aromatic rings. The third-order valence-corrected chi connectivity index (χ3v) is 3.41. The van der Waals surface area contributed by atoms with Crippen LogP contribution in [0.2, 0.25) is 0 Å². The molecular weight excluding hydrogens is 297 g/mol. The Balaban J connectivity index is 1.74. The van der Waals surface area contributed by atoms with E-state index in [2.05, 4.69) is 4.98 Å². The minimum atomic E-state index is -0.466. The lowest BCUT2D eigenvalue weighted by molar-refractivity contribution is 0.296. The number of hydrogen-bond donors (Lipinski definition) is 0. The summed E-state index contributed by atoms with van der Waals surface area (Å²) in [4.78, 5) is 4.44. The first kappa shape index (κ1) is 15.1. The van der Waals surface area contributed by atoms with Crippen molar-refractivity contribution in [3.63, 3.8) is 0 Å². The molecular formula is C18H16FNO3. The van der Waals surface area contributed by atoms with Gasteiger partial charge in [-0.25, -0.2) is 9.37 Å². The summed E-state index contributed by atoms with van der Waals surface area (Å²) in [6.45, 7) is 2.03. The summed E-state index contributed by atoms with van der Waals surface area (Å²) in [6, 6.07) is 14.1. The van der Waals surface area contributed by atoms with Gasteiger partial charge in [-0.2, -0.15) is 0 Å². The minimum Gasteiger partial charge on any atom is -0.494 e. The van der Waals surface area contributed by atoms with E-state index in [1.807, 2.05) is 37.3 Å². The molecule has 3 rings (SSSR count). The number of nitrogens with zero attached hydrogens (tertiary/aromatic N) is 1. The van der Waals surface area contributed by atoms with Crippen molar-refractivity contribution in [1.82, 2.24) is 4.98 Å². The summed E-state index contributed by atoms with van der Waals surface area (Å²) >= 11 is 0. The second kappa shape index (κ2) is 6.52. The lowest BCUT2D eigenvalue weighted by Gasteiger charge is -2.06. The monoisotopic (exact) mass is 313 g/mol. The summed E-state index contributed by atoms with van der Waals surface area (Å²) < 4.78 is 29.8. The van der Waals surface area contributed by atoms with Crippen LogP contribution >= 0.6 is 0 Å². The average molecular weight is 313 g/mol. The highest BCUT2D eigenvalue weighted by molar-refractivity contribution is 5.53. The van der Waals surface area contributed by atoms with Crippen molar-refractivity contribution in [2.75, 3.05) is 7.11 Å². The zero-order valence-corrected chi connectivity index (χ0v) is 12.9. The van der Waals surface area contributed by atoms with Crippen molar-refractivity contribution in [1.29, 1.82) is 0 Å². The molecule has 0 spiro atoms. The van der Waals surface area contributed by atoms with Gasteiger partial charge in [0.2, 0.25) is 5.89 Å². The normalized spacial score (nSPS) is 10.6. The van der Waals surface area contributed by atoms with Gasteiger partial charge in [-0.15, -0.1) is 0 Å². The summed E-state index contributed by atoms with van der Waals surface area (Å²) in [7, 11) is 1.42. The van der Waals surface area contributed by atoms with E-state index in [9.17, 15) is 4.39 Å². The van der Waals surface area contributed by atoms with Crippen molar-refractivity contribution < 1.29 is 18.3 Å². The van der Waals surface area contributed by atoms with E-state index in [4.69, 9.17) is 13.9 Å². The summed E-state index contributed by atoms with van der Waals surface area (Å²) in [6.07, 6.45) is 0. The Bertz CT molecular complexity index is 799. The molecule has 0 bridgehead atoms. The Hall–Kier alpha value is -2.82. The number of rotatable bonds is 5. The molecule has 0 unspecified atom stereocenters. The molecule has 0 N–H and O–H groups in total. The molecule has 5 heteroatoms. The highest BCUT2D eigenvalue weighted by atomic mass is 19.1. The number of aryl methyl sites for hydroxylation is 1. The van der Waals surface area contributed by atoms with Gasteiger partial charge in [0.25, 0.3) is 0 Å². The number of benzene rings is 2. The zero-order valence-electron chi connectivity index (χ0n) is 12.9. The summed E-state index contributed by atoms with van der Waals surface area (Å²) in [5.41, 5.74) is 1.58. The first-order valence-electron chi connectivity index (χ1n) is 7.15. The maximum Gasteiger partial charge on any atom is 0.226 e. The molecule has 0 aliphatic rings. The number of hydrogen-bond acceptors (Lipinski definition) is 4. The van der Waals surface area contributed by atoms with E-state index in [0.29, 0.717) is 23.1 Å². The number of methoxy groups -OCH3 is 1. The van der Waals surface area contributed by atoms with Crippen LogP contribution in [0.4, 0.5) is 4.39 Å². The molecule has 0 fully saturated rings. The predicted octanol–water partition coefficient (Wildman–Crippen LogP) is 4.38. The van der Waals surface area contributed by atoms with E-state index >= 15 is 0 Å². The predicted molar refractivity (Wildman–Crippen MR) is 84.0 cm³/mol. The lowest BCUT2D eigenvalue weighted by Crippen LogP contribution is -1.98. The van der Waals surface area contributed by atoms with Crippen LogP contribution in [0.5, 0.6) is 11.5 Å². The number of halogens is 1. The molecule has 2 aromatic carbocycles. The molecule has 0 saturated carbocycles. The van der Waals surface area contributed by atoms with Gasteiger partial charge in [0.15, 0.2) is 11.6 Å². The van der Waals surface area contributed by atoms with Crippen LogP contribution in [-0.2, 0) is 6.61 Å². The minimum absolute atomic E-state index is 0.182. The molecule has 0 aliphatic heterocycles. The Kier molecular flexibility index (Phi) is 4.28. The smallest absolute Gasteiger partial charge is 0.226 e. The Labute approximate surface area is 133 Å². The topological polar surface area (TPSA) is 44.5 Å². The van der Waals surface area contributed by atoms with Gasteiger partial charge in [-0.05, 0) is 31.2 Å². The highest BCUT2D eigenvalue weighted by Crippen LogP contribution is 2.25. The van der Waals surface area contributed by atoms with Crippen LogP contribution < -0.4 is 9.47 Å². The summed E-state index contributed by atoms with van der Waals surface area (Å²) in [5, 5.41) is 0. The van der Waals surface area contributed by atoms with Crippen LogP contribution in [0, 0.1) is 12.7 Å². The van der Waals surface area contributed by atoms with Crippen molar-refractivity contribution in [2.45, 2.75) is 13.5 Å². The molecule has 1 heterocycles. The van der Waals surface area contributed by atoms with Crippen molar-refractivity contribution in [3.05, 3.63) is 65.8 Å². The van der Waals surface area contributed by atoms with Crippen LogP contribution in [0.15, 0.2) is 52.9 Å². The lowest BCUT2D eigenvalue weighted by atomic mass is 10.2. The van der Waals surface area contributed by atoms with Crippen molar-refractivity contribution >= 4 is 0 Å². The molecule has 23 heavy (non-hydrogen) atoms. The first-order valence-corrected chi connectivity index (χ1v) is 7.15. The van der Waals surface area contributed by atoms with E-state index in [-0.39, 0.29) is 12.4 Å². The highest BCUT2D eigenvalue weighted by Gasteiger charge is 2.12. The standard InChI is InChI=1S/C18H16FNO3/c1-12-16(20-18(23-12)13-6-4-3-5-7-13)11-22-14-8-9-17(21-2)15(19)10-14/h3-10H,11H2,1-2H3. The molecule has 0 saturated heterocycles. The molecule has 0 atom stereocenters. The Morgan fingerprint density at radius 3 is 2.61 bits per heavy atom. The van der Waals surface area contributed by atoms with E-state index in [0.717, 1.165) is 5.56 Å². The van der Waals surface area contributed by atoms with Crippen LogP contribution in [0.1, 0.15) is 11.5 Å². The average Bonchev–Trinajstić information content (AvgIpc) is 2.95. The summed E-state index contributed by atoms with van der Waals surface area (Å²) in [5.74, 6) is 1.35. The van der Waals surface area contributed by atoms with Crippen molar-refractivity contribution in [2.24, 2.45) is 0 Å². The molecule has 0 radical (unpaired) electrons. The van der Waals surface area contributed by atoms with E-state index < -0.39 is 5.82 Å². The molecule has 118 valence electrons. The Morgan fingerprint density at radius 2 is 1.91 bits per heavy atom. The SMILES string of the molecule is COc1ccc(OCc2nc(-c3ccccc3)oc2C)cc1F. The molecule has 0 aliphatic carbocycles. The van der Waals surface area contributed by atoms with Gasteiger partial charge in [-0.1, -0.05) is 18.2 Å². The molecule has 4 nitrogen and oxygen atoms in total. The largest absolute Gasteiger partial charge is 0.494 e. The van der Waals surface area contributed by atoms with Crippen LogP contribution in [-0.4, -0.2) is 12.1 Å². The van der Waals surface area contributed by atoms with E-state index in [1.165, 1.54) is 19.2 Å². The molecule has 1 aromatic heterocycles. The van der Waals surface area contributed by atoms with Crippen LogP contribution in [0.3, 0.4) is 0 Å². The van der Waals surface area contributed by atoms with Gasteiger partial charge in [-0.3, -0.25) is 0 Å². The maximum absolute atomic E-state index is 13.6. The zero-order chi connectivity index (χ0) is 16.2. The second-order valence-corrected chi connectivity index (χ2v) is 4.97. The maximum atomic E-state index is 13.6. The van der Waals surface area contributed by atoms with Gasteiger partial charge in [0.1, 0.15) is 23.8 Å². The quantitative estimate of drug-likeness (QED) is 0.701.